The molecule has 0 saturated heterocycles. The van der Waals surface area contributed by atoms with Crippen LogP contribution in [0, 0.1) is 27.7 Å². The third kappa shape index (κ3) is 5.70. The number of aryl methyl sites for hydroxylation is 3. The Morgan fingerprint density at radius 3 is 2.08 bits per heavy atom. The first-order valence-corrected chi connectivity index (χ1v) is 8.67. The number of rotatable bonds is 6. The molecule has 0 aliphatic carbocycles. The van der Waals surface area contributed by atoms with Gasteiger partial charge in [0, 0.05) is 11.4 Å². The highest BCUT2D eigenvalue weighted by Crippen LogP contribution is 2.18. The molecule has 5 nitrogen and oxygen atoms in total. The molecule has 0 aliphatic heterocycles. The second kappa shape index (κ2) is 8.63. The van der Waals surface area contributed by atoms with Crippen molar-refractivity contribution in [3.05, 3.63) is 58.7 Å². The van der Waals surface area contributed by atoms with E-state index in [1.54, 1.807) is 11.9 Å². The molecule has 0 bridgehead atoms. The van der Waals surface area contributed by atoms with Gasteiger partial charge in [0.25, 0.3) is 0 Å². The van der Waals surface area contributed by atoms with Crippen LogP contribution in [0.25, 0.3) is 0 Å². The highest BCUT2D eigenvalue weighted by atomic mass is 16.2. The van der Waals surface area contributed by atoms with Gasteiger partial charge in [0.1, 0.15) is 0 Å². The van der Waals surface area contributed by atoms with Crippen LogP contribution in [0.1, 0.15) is 22.3 Å². The van der Waals surface area contributed by atoms with Gasteiger partial charge in [-0.1, -0.05) is 18.2 Å². The normalized spacial score (nSPS) is 10.7. The molecule has 138 valence electrons. The summed E-state index contributed by atoms with van der Waals surface area (Å²) in [6.07, 6.45) is 0. The first kappa shape index (κ1) is 19.7. The second-order valence-corrected chi connectivity index (χ2v) is 6.89. The van der Waals surface area contributed by atoms with Gasteiger partial charge in [-0.2, -0.15) is 0 Å². The van der Waals surface area contributed by atoms with E-state index in [-0.39, 0.29) is 24.9 Å². The van der Waals surface area contributed by atoms with Crippen molar-refractivity contribution in [1.29, 1.82) is 0 Å². The van der Waals surface area contributed by atoms with E-state index >= 15 is 0 Å². The molecular formula is C21H27N3O2. The maximum atomic E-state index is 12.2. The maximum absolute atomic E-state index is 12.2. The van der Waals surface area contributed by atoms with Crippen LogP contribution in [0.5, 0.6) is 0 Å². The lowest BCUT2D eigenvalue weighted by Gasteiger charge is -2.17. The standard InChI is InChI=1S/C21H27N3O2/c1-14-9-15(2)11-18(10-14)22-20(25)12-24(5)13-21(26)23-19-8-6-7-16(3)17(19)4/h6-11H,12-13H2,1-5H3,(H,22,25)(H,23,26). The van der Waals surface area contributed by atoms with E-state index in [9.17, 15) is 9.59 Å². The van der Waals surface area contributed by atoms with E-state index < -0.39 is 0 Å². The van der Waals surface area contributed by atoms with E-state index in [0.717, 1.165) is 33.6 Å². The van der Waals surface area contributed by atoms with Crippen molar-refractivity contribution in [3.63, 3.8) is 0 Å². The Balaban J connectivity index is 1.87. The molecule has 0 saturated carbocycles. The minimum Gasteiger partial charge on any atom is -0.325 e. The summed E-state index contributed by atoms with van der Waals surface area (Å²) in [4.78, 5) is 26.1. The fourth-order valence-electron chi connectivity index (χ4n) is 2.87. The van der Waals surface area contributed by atoms with Crippen molar-refractivity contribution in [3.8, 4) is 0 Å². The Morgan fingerprint density at radius 1 is 0.885 bits per heavy atom. The number of carbonyl (C=O) groups excluding carboxylic acids is 2. The Kier molecular flexibility index (Phi) is 6.52. The van der Waals surface area contributed by atoms with Crippen molar-refractivity contribution in [2.75, 3.05) is 30.8 Å². The van der Waals surface area contributed by atoms with E-state index in [2.05, 4.69) is 16.7 Å². The number of likely N-dealkylation sites (N-methyl/N-ethyl adjacent to an activating group) is 1. The van der Waals surface area contributed by atoms with Gasteiger partial charge in [0.15, 0.2) is 0 Å². The summed E-state index contributed by atoms with van der Waals surface area (Å²) >= 11 is 0. The lowest BCUT2D eigenvalue weighted by molar-refractivity contribution is -0.119. The van der Waals surface area contributed by atoms with Gasteiger partial charge in [-0.05, 0) is 75.2 Å². The molecule has 2 rings (SSSR count). The number of amides is 2. The van der Waals surface area contributed by atoms with Crippen LogP contribution in [0.3, 0.4) is 0 Å². The summed E-state index contributed by atoms with van der Waals surface area (Å²) in [6.45, 7) is 8.26. The van der Waals surface area contributed by atoms with E-state index in [1.807, 2.05) is 58.0 Å². The summed E-state index contributed by atoms with van der Waals surface area (Å²) in [5.74, 6) is -0.280. The monoisotopic (exact) mass is 353 g/mol. The molecule has 26 heavy (non-hydrogen) atoms. The predicted molar refractivity (Wildman–Crippen MR) is 107 cm³/mol. The Bertz CT molecular complexity index is 795. The highest BCUT2D eigenvalue weighted by molar-refractivity contribution is 5.95. The summed E-state index contributed by atoms with van der Waals surface area (Å²) in [5.41, 5.74) is 5.96. The van der Waals surface area contributed by atoms with Crippen LogP contribution in [0.4, 0.5) is 11.4 Å². The minimum atomic E-state index is -0.142. The fraction of sp³-hybridized carbons (Fsp3) is 0.333. The van der Waals surface area contributed by atoms with Gasteiger partial charge < -0.3 is 10.6 Å². The number of benzene rings is 2. The van der Waals surface area contributed by atoms with E-state index in [1.165, 1.54) is 0 Å². The number of nitrogens with one attached hydrogen (secondary N) is 2. The molecule has 0 aromatic heterocycles. The second-order valence-electron chi connectivity index (χ2n) is 6.89. The number of hydrogen-bond donors (Lipinski definition) is 2. The third-order valence-electron chi connectivity index (χ3n) is 4.21. The number of anilines is 2. The van der Waals surface area contributed by atoms with Crippen LogP contribution in [-0.2, 0) is 9.59 Å². The van der Waals surface area contributed by atoms with Crippen molar-refractivity contribution < 1.29 is 9.59 Å². The fourth-order valence-corrected chi connectivity index (χ4v) is 2.87. The van der Waals surface area contributed by atoms with Crippen molar-refractivity contribution in [2.24, 2.45) is 0 Å². The van der Waals surface area contributed by atoms with E-state index in [0.29, 0.717) is 0 Å². The molecule has 0 fully saturated rings. The van der Waals surface area contributed by atoms with Crippen LogP contribution in [0.2, 0.25) is 0 Å². The summed E-state index contributed by atoms with van der Waals surface area (Å²) in [6, 6.07) is 11.7. The maximum Gasteiger partial charge on any atom is 0.238 e. The molecule has 0 atom stereocenters. The number of carbonyl (C=O) groups is 2. The average molecular weight is 353 g/mol. The molecule has 5 heteroatoms. The third-order valence-corrected chi connectivity index (χ3v) is 4.21. The zero-order valence-electron chi connectivity index (χ0n) is 16.1. The first-order valence-electron chi connectivity index (χ1n) is 8.67. The van der Waals surface area contributed by atoms with Crippen molar-refractivity contribution >= 4 is 23.2 Å². The molecule has 0 unspecified atom stereocenters. The zero-order valence-corrected chi connectivity index (χ0v) is 16.1. The Hall–Kier alpha value is -2.66. The largest absolute Gasteiger partial charge is 0.325 e. The SMILES string of the molecule is Cc1cc(C)cc(NC(=O)CN(C)CC(=O)Nc2cccc(C)c2C)c1. The minimum absolute atomic E-state index is 0.139. The van der Waals surface area contributed by atoms with Crippen LogP contribution >= 0.6 is 0 Å². The van der Waals surface area contributed by atoms with Crippen molar-refractivity contribution in [1.82, 2.24) is 4.90 Å². The van der Waals surface area contributed by atoms with Gasteiger partial charge in [0.2, 0.25) is 11.8 Å². The number of hydrogen-bond acceptors (Lipinski definition) is 3. The molecule has 0 aliphatic rings. The van der Waals surface area contributed by atoms with Crippen LogP contribution < -0.4 is 10.6 Å². The summed E-state index contributed by atoms with van der Waals surface area (Å²) in [5, 5.41) is 5.79. The number of nitrogens with zero attached hydrogens (tertiary/aromatic N) is 1. The van der Waals surface area contributed by atoms with Gasteiger partial charge in [0.05, 0.1) is 13.1 Å². The molecule has 2 N–H and O–H groups in total. The lowest BCUT2D eigenvalue weighted by Crippen LogP contribution is -2.36. The molecule has 2 amide bonds. The molecule has 0 heterocycles. The molecule has 2 aromatic rings. The van der Waals surface area contributed by atoms with Gasteiger partial charge >= 0.3 is 0 Å². The molecule has 2 aromatic carbocycles. The van der Waals surface area contributed by atoms with Crippen molar-refractivity contribution in [2.45, 2.75) is 27.7 Å². The van der Waals surface area contributed by atoms with Crippen LogP contribution in [0.15, 0.2) is 36.4 Å². The predicted octanol–water partition coefficient (Wildman–Crippen LogP) is 3.43. The molecule has 0 spiro atoms. The van der Waals surface area contributed by atoms with Gasteiger partial charge in [-0.25, -0.2) is 0 Å². The Labute approximate surface area is 155 Å². The summed E-state index contributed by atoms with van der Waals surface area (Å²) < 4.78 is 0. The van der Waals surface area contributed by atoms with Gasteiger partial charge in [-0.15, -0.1) is 0 Å². The highest BCUT2D eigenvalue weighted by Gasteiger charge is 2.12. The lowest BCUT2D eigenvalue weighted by atomic mass is 10.1. The molecule has 0 radical (unpaired) electrons. The first-order chi connectivity index (χ1) is 12.2. The zero-order chi connectivity index (χ0) is 19.3. The Morgan fingerprint density at radius 2 is 1.46 bits per heavy atom. The van der Waals surface area contributed by atoms with E-state index in [4.69, 9.17) is 0 Å². The quantitative estimate of drug-likeness (QED) is 0.836. The van der Waals surface area contributed by atoms with Crippen LogP contribution in [-0.4, -0.2) is 36.9 Å². The van der Waals surface area contributed by atoms with Gasteiger partial charge in [-0.3, -0.25) is 14.5 Å². The summed E-state index contributed by atoms with van der Waals surface area (Å²) in [7, 11) is 1.75. The molecular weight excluding hydrogens is 326 g/mol. The topological polar surface area (TPSA) is 61.4 Å². The average Bonchev–Trinajstić information content (AvgIpc) is 2.50. The smallest absolute Gasteiger partial charge is 0.238 e.